The predicted octanol–water partition coefficient (Wildman–Crippen LogP) is 3.77. The fourth-order valence-electron chi connectivity index (χ4n) is 3.02. The van der Waals surface area contributed by atoms with Crippen LogP contribution in [0, 0.1) is 11.3 Å². The van der Waals surface area contributed by atoms with E-state index in [0.29, 0.717) is 13.0 Å². The summed E-state index contributed by atoms with van der Waals surface area (Å²) in [7, 11) is 3.31. The Kier molecular flexibility index (Phi) is 10.6. The largest absolute Gasteiger partial charge is 0.393 e. The van der Waals surface area contributed by atoms with E-state index in [2.05, 4.69) is 13.0 Å². The number of carbonyl (C=O) groups is 1. The molecule has 0 saturated carbocycles. The van der Waals surface area contributed by atoms with Crippen molar-refractivity contribution in [1.29, 1.82) is 0 Å². The number of carbonyl (C=O) groups excluding carboxylic acids is 1. The number of allylic oxidation sites excluding steroid dienone is 2. The fourth-order valence-corrected chi connectivity index (χ4v) is 3.02. The van der Waals surface area contributed by atoms with Crippen molar-refractivity contribution in [1.82, 2.24) is 0 Å². The van der Waals surface area contributed by atoms with Gasteiger partial charge in [0.2, 0.25) is 0 Å². The monoisotopic (exact) mass is 328 g/mol. The van der Waals surface area contributed by atoms with E-state index < -0.39 is 5.41 Å². The van der Waals surface area contributed by atoms with Crippen LogP contribution in [-0.4, -0.2) is 43.9 Å². The van der Waals surface area contributed by atoms with Crippen molar-refractivity contribution in [2.45, 2.75) is 72.5 Å². The number of rotatable bonds is 12. The van der Waals surface area contributed by atoms with Crippen molar-refractivity contribution < 1.29 is 19.4 Å². The molecule has 0 aromatic rings. The van der Waals surface area contributed by atoms with Gasteiger partial charge >= 0.3 is 0 Å². The van der Waals surface area contributed by atoms with Gasteiger partial charge in [0.25, 0.3) is 0 Å². The van der Waals surface area contributed by atoms with E-state index in [0.717, 1.165) is 19.3 Å². The standard InChI is InChI=1S/C19H36O4/c1-14(9-8-10-16(3)20)13-15(2)18(21)19(4,5)17(23-7)11-12-22-6/h9,15-17,20H,8,10-13H2,1-7H3/b14-9+. The fraction of sp³-hybridized carbons (Fsp3) is 0.842. The van der Waals surface area contributed by atoms with Gasteiger partial charge in [-0.05, 0) is 39.5 Å². The van der Waals surface area contributed by atoms with Gasteiger partial charge in [-0.3, -0.25) is 4.79 Å². The maximum atomic E-state index is 12.9. The van der Waals surface area contributed by atoms with Crippen molar-refractivity contribution in [3.8, 4) is 0 Å². The summed E-state index contributed by atoms with van der Waals surface area (Å²) in [5.41, 5.74) is 0.667. The molecule has 0 aromatic carbocycles. The molecule has 0 spiro atoms. The Labute approximate surface area is 142 Å². The van der Waals surface area contributed by atoms with Crippen molar-refractivity contribution in [2.75, 3.05) is 20.8 Å². The van der Waals surface area contributed by atoms with Crippen LogP contribution in [0.2, 0.25) is 0 Å². The zero-order chi connectivity index (χ0) is 18.0. The third-order valence-electron chi connectivity index (χ3n) is 4.46. The van der Waals surface area contributed by atoms with Gasteiger partial charge in [0.05, 0.1) is 12.2 Å². The van der Waals surface area contributed by atoms with Crippen LogP contribution in [0.4, 0.5) is 0 Å². The number of hydrogen-bond donors (Lipinski definition) is 1. The van der Waals surface area contributed by atoms with Crippen LogP contribution in [0.15, 0.2) is 11.6 Å². The minimum atomic E-state index is -0.535. The summed E-state index contributed by atoms with van der Waals surface area (Å²) >= 11 is 0. The van der Waals surface area contributed by atoms with E-state index >= 15 is 0 Å². The molecule has 4 nitrogen and oxygen atoms in total. The summed E-state index contributed by atoms with van der Waals surface area (Å²) in [5.74, 6) is 0.178. The molecule has 0 aromatic heterocycles. The van der Waals surface area contributed by atoms with Crippen molar-refractivity contribution in [3.63, 3.8) is 0 Å². The first kappa shape index (κ1) is 22.3. The van der Waals surface area contributed by atoms with Gasteiger partial charge in [0.15, 0.2) is 0 Å². The molecule has 0 saturated heterocycles. The average Bonchev–Trinajstić information content (AvgIpc) is 2.46. The topological polar surface area (TPSA) is 55.8 Å². The Morgan fingerprint density at radius 1 is 1.22 bits per heavy atom. The maximum absolute atomic E-state index is 12.9. The third kappa shape index (κ3) is 8.09. The second kappa shape index (κ2) is 11.0. The smallest absolute Gasteiger partial charge is 0.144 e. The summed E-state index contributed by atoms with van der Waals surface area (Å²) in [5, 5.41) is 9.29. The summed E-state index contributed by atoms with van der Waals surface area (Å²) in [6.45, 7) is 10.3. The lowest BCUT2D eigenvalue weighted by atomic mass is 9.74. The number of ketones is 1. The normalized spacial score (nSPS) is 17.0. The Balaban J connectivity index is 4.71. The second-order valence-corrected chi connectivity index (χ2v) is 7.17. The van der Waals surface area contributed by atoms with Crippen LogP contribution in [-0.2, 0) is 14.3 Å². The number of methoxy groups -OCH3 is 2. The first-order valence-electron chi connectivity index (χ1n) is 8.56. The van der Waals surface area contributed by atoms with E-state index in [4.69, 9.17) is 9.47 Å². The highest BCUT2D eigenvalue weighted by atomic mass is 16.5. The molecule has 0 aliphatic heterocycles. The molecule has 3 atom stereocenters. The molecule has 0 fully saturated rings. The molecule has 136 valence electrons. The number of Topliss-reactive ketones (excluding diaryl/α,β-unsaturated/α-hetero) is 1. The van der Waals surface area contributed by atoms with E-state index in [1.807, 2.05) is 20.8 Å². The molecule has 4 heteroatoms. The summed E-state index contributed by atoms with van der Waals surface area (Å²) in [4.78, 5) is 12.9. The maximum Gasteiger partial charge on any atom is 0.144 e. The zero-order valence-electron chi connectivity index (χ0n) is 16.0. The Bertz CT molecular complexity index is 372. The van der Waals surface area contributed by atoms with Gasteiger partial charge in [-0.15, -0.1) is 0 Å². The third-order valence-corrected chi connectivity index (χ3v) is 4.46. The van der Waals surface area contributed by atoms with Gasteiger partial charge in [-0.25, -0.2) is 0 Å². The molecular formula is C19H36O4. The van der Waals surface area contributed by atoms with E-state index in [9.17, 15) is 9.90 Å². The second-order valence-electron chi connectivity index (χ2n) is 7.17. The van der Waals surface area contributed by atoms with Gasteiger partial charge in [-0.2, -0.15) is 0 Å². The highest BCUT2D eigenvalue weighted by Gasteiger charge is 2.38. The quantitative estimate of drug-likeness (QED) is 0.554. The molecular weight excluding hydrogens is 292 g/mol. The minimum Gasteiger partial charge on any atom is -0.393 e. The van der Waals surface area contributed by atoms with Crippen LogP contribution in [0.1, 0.15) is 60.3 Å². The first-order valence-corrected chi connectivity index (χ1v) is 8.56. The van der Waals surface area contributed by atoms with Crippen molar-refractivity contribution in [2.24, 2.45) is 11.3 Å². The van der Waals surface area contributed by atoms with Crippen LogP contribution in [0.5, 0.6) is 0 Å². The molecule has 23 heavy (non-hydrogen) atoms. The summed E-state index contributed by atoms with van der Waals surface area (Å²) in [6.07, 6.45) is 4.78. The lowest BCUT2D eigenvalue weighted by Crippen LogP contribution is -2.42. The minimum absolute atomic E-state index is 0.0482. The van der Waals surface area contributed by atoms with E-state index in [1.54, 1.807) is 21.1 Å². The molecule has 0 bridgehead atoms. The molecule has 0 aliphatic carbocycles. The Morgan fingerprint density at radius 2 is 1.83 bits per heavy atom. The van der Waals surface area contributed by atoms with Crippen LogP contribution >= 0.6 is 0 Å². The number of ether oxygens (including phenoxy) is 2. The number of aliphatic hydroxyl groups is 1. The highest BCUT2D eigenvalue weighted by molar-refractivity contribution is 5.86. The Hall–Kier alpha value is -0.710. The van der Waals surface area contributed by atoms with Crippen LogP contribution < -0.4 is 0 Å². The van der Waals surface area contributed by atoms with Gasteiger partial charge in [-0.1, -0.05) is 32.4 Å². The molecule has 0 radical (unpaired) electrons. The summed E-state index contributed by atoms with van der Waals surface area (Å²) in [6, 6.07) is 0. The lowest BCUT2D eigenvalue weighted by molar-refractivity contribution is -0.139. The van der Waals surface area contributed by atoms with Gasteiger partial charge < -0.3 is 14.6 Å². The predicted molar refractivity (Wildman–Crippen MR) is 94.5 cm³/mol. The summed E-state index contributed by atoms with van der Waals surface area (Å²) < 4.78 is 10.7. The molecule has 0 aliphatic rings. The van der Waals surface area contributed by atoms with Crippen LogP contribution in [0.3, 0.4) is 0 Å². The zero-order valence-corrected chi connectivity index (χ0v) is 16.0. The number of aliphatic hydroxyl groups excluding tert-OH is 1. The van der Waals surface area contributed by atoms with Crippen LogP contribution in [0.25, 0.3) is 0 Å². The SMILES string of the molecule is COCCC(OC)C(C)(C)C(=O)C(C)C/C(C)=C/CCC(C)O. The highest BCUT2D eigenvalue weighted by Crippen LogP contribution is 2.32. The molecule has 1 N–H and O–H groups in total. The molecule has 0 amide bonds. The Morgan fingerprint density at radius 3 is 2.30 bits per heavy atom. The molecule has 0 heterocycles. The van der Waals surface area contributed by atoms with Gasteiger partial charge in [0.1, 0.15) is 5.78 Å². The van der Waals surface area contributed by atoms with Crippen molar-refractivity contribution >= 4 is 5.78 Å². The molecule has 0 rings (SSSR count). The lowest BCUT2D eigenvalue weighted by Gasteiger charge is -2.34. The number of hydrogen-bond acceptors (Lipinski definition) is 4. The van der Waals surface area contributed by atoms with Crippen molar-refractivity contribution in [3.05, 3.63) is 11.6 Å². The molecule has 3 unspecified atom stereocenters. The van der Waals surface area contributed by atoms with Gasteiger partial charge in [0, 0.05) is 32.2 Å². The van der Waals surface area contributed by atoms with E-state index in [1.165, 1.54) is 5.57 Å². The van der Waals surface area contributed by atoms with E-state index in [-0.39, 0.29) is 23.9 Å². The first-order chi connectivity index (χ1) is 10.7. The average molecular weight is 328 g/mol.